The van der Waals surface area contributed by atoms with Crippen LogP contribution in [0.4, 0.5) is 15.8 Å². The monoisotopic (exact) mass is 311 g/mol. The molecule has 21 heavy (non-hydrogen) atoms. The summed E-state index contributed by atoms with van der Waals surface area (Å²) in [5.41, 5.74) is -1.15. The van der Waals surface area contributed by atoms with Crippen molar-refractivity contribution in [2.45, 2.75) is 6.42 Å². The molecule has 7 nitrogen and oxygen atoms in total. The standard InChI is InChI=1S/C12H10FN3O4S/c13-8-6-10(16(19)20)9(5-7(8)12(17)18)14-2-1-11-15-3-4-21-11/h3-6,14H,1-2H2,(H,17,18). The Morgan fingerprint density at radius 1 is 1.52 bits per heavy atom. The number of anilines is 1. The molecule has 1 aromatic heterocycles. The highest BCUT2D eigenvalue weighted by atomic mass is 32.1. The lowest BCUT2D eigenvalue weighted by atomic mass is 10.1. The first-order valence-electron chi connectivity index (χ1n) is 5.82. The summed E-state index contributed by atoms with van der Waals surface area (Å²) < 4.78 is 13.5. The topological polar surface area (TPSA) is 105 Å². The van der Waals surface area contributed by atoms with Gasteiger partial charge in [0.2, 0.25) is 0 Å². The van der Waals surface area contributed by atoms with E-state index in [9.17, 15) is 19.3 Å². The quantitative estimate of drug-likeness (QED) is 0.627. The number of nitro benzene ring substituents is 1. The molecule has 0 amide bonds. The molecular formula is C12H10FN3O4S. The SMILES string of the molecule is O=C(O)c1cc(NCCc2nccs2)c([N+](=O)[O-])cc1F. The summed E-state index contributed by atoms with van der Waals surface area (Å²) in [6.45, 7) is 0.318. The van der Waals surface area contributed by atoms with Crippen LogP contribution in [-0.2, 0) is 6.42 Å². The second-order valence-corrected chi connectivity index (χ2v) is 4.99. The van der Waals surface area contributed by atoms with Crippen LogP contribution in [0.25, 0.3) is 0 Å². The molecule has 0 bridgehead atoms. The van der Waals surface area contributed by atoms with E-state index in [0.29, 0.717) is 19.0 Å². The van der Waals surface area contributed by atoms with Gasteiger partial charge in [0.05, 0.1) is 21.6 Å². The zero-order chi connectivity index (χ0) is 15.4. The molecule has 0 spiro atoms. The van der Waals surface area contributed by atoms with E-state index in [-0.39, 0.29) is 5.69 Å². The van der Waals surface area contributed by atoms with Crippen LogP contribution >= 0.6 is 11.3 Å². The molecule has 1 aromatic carbocycles. The van der Waals surface area contributed by atoms with Crippen LogP contribution < -0.4 is 5.32 Å². The number of rotatable bonds is 6. The van der Waals surface area contributed by atoms with Crippen molar-refractivity contribution in [3.05, 3.63) is 50.2 Å². The van der Waals surface area contributed by atoms with Crippen molar-refractivity contribution in [2.24, 2.45) is 0 Å². The number of carbonyl (C=O) groups is 1. The minimum absolute atomic E-state index is 0.0321. The fourth-order valence-electron chi connectivity index (χ4n) is 1.70. The molecule has 0 radical (unpaired) electrons. The molecule has 2 aromatic rings. The second-order valence-electron chi connectivity index (χ2n) is 4.01. The smallest absolute Gasteiger partial charge is 0.338 e. The third-order valence-corrected chi connectivity index (χ3v) is 3.49. The highest BCUT2D eigenvalue weighted by molar-refractivity contribution is 7.09. The normalized spacial score (nSPS) is 10.3. The maximum Gasteiger partial charge on any atom is 0.338 e. The van der Waals surface area contributed by atoms with Crippen LogP contribution in [-0.4, -0.2) is 27.5 Å². The first-order valence-corrected chi connectivity index (χ1v) is 6.70. The molecule has 2 rings (SSSR count). The lowest BCUT2D eigenvalue weighted by Crippen LogP contribution is -2.10. The summed E-state index contributed by atoms with van der Waals surface area (Å²) in [6, 6.07) is 1.53. The minimum Gasteiger partial charge on any atom is -0.478 e. The van der Waals surface area contributed by atoms with E-state index in [2.05, 4.69) is 10.3 Å². The largest absolute Gasteiger partial charge is 0.478 e. The molecule has 0 aliphatic carbocycles. The highest BCUT2D eigenvalue weighted by Crippen LogP contribution is 2.28. The number of thiazole rings is 1. The van der Waals surface area contributed by atoms with Gasteiger partial charge in [0.25, 0.3) is 5.69 Å². The van der Waals surface area contributed by atoms with Gasteiger partial charge in [-0.15, -0.1) is 11.3 Å². The molecule has 0 aliphatic heterocycles. The Morgan fingerprint density at radius 3 is 2.86 bits per heavy atom. The van der Waals surface area contributed by atoms with Gasteiger partial charge in [-0.1, -0.05) is 0 Å². The van der Waals surface area contributed by atoms with Gasteiger partial charge in [0.1, 0.15) is 11.5 Å². The molecule has 0 saturated heterocycles. The van der Waals surface area contributed by atoms with E-state index in [0.717, 1.165) is 11.1 Å². The first-order chi connectivity index (χ1) is 9.99. The van der Waals surface area contributed by atoms with Crippen molar-refractivity contribution < 1.29 is 19.2 Å². The molecule has 110 valence electrons. The van der Waals surface area contributed by atoms with E-state index in [4.69, 9.17) is 5.11 Å². The molecule has 0 atom stereocenters. The lowest BCUT2D eigenvalue weighted by Gasteiger charge is -2.08. The van der Waals surface area contributed by atoms with Gasteiger partial charge in [0.15, 0.2) is 0 Å². The number of halogens is 1. The van der Waals surface area contributed by atoms with Gasteiger partial charge in [-0.2, -0.15) is 0 Å². The Hall–Kier alpha value is -2.55. The van der Waals surface area contributed by atoms with E-state index in [1.54, 1.807) is 11.6 Å². The molecule has 9 heteroatoms. The van der Waals surface area contributed by atoms with Crippen molar-refractivity contribution in [1.29, 1.82) is 0 Å². The molecule has 1 heterocycles. The molecule has 0 saturated carbocycles. The van der Waals surface area contributed by atoms with Crippen LogP contribution in [0.3, 0.4) is 0 Å². The number of aromatic nitrogens is 1. The number of hydrogen-bond donors (Lipinski definition) is 2. The number of aromatic carboxylic acids is 1. The highest BCUT2D eigenvalue weighted by Gasteiger charge is 2.21. The van der Waals surface area contributed by atoms with Gasteiger partial charge in [-0.05, 0) is 6.07 Å². The van der Waals surface area contributed by atoms with Crippen molar-refractivity contribution in [3.63, 3.8) is 0 Å². The fourth-order valence-corrected chi connectivity index (χ4v) is 2.32. The predicted molar refractivity (Wildman–Crippen MR) is 74.3 cm³/mol. The summed E-state index contributed by atoms with van der Waals surface area (Å²) in [7, 11) is 0. The minimum atomic E-state index is -1.48. The first kappa shape index (κ1) is 14.9. The third kappa shape index (κ3) is 3.51. The average Bonchev–Trinajstić information content (AvgIpc) is 2.92. The van der Waals surface area contributed by atoms with E-state index < -0.39 is 28.0 Å². The van der Waals surface area contributed by atoms with Crippen LogP contribution in [0.2, 0.25) is 0 Å². The number of nitrogens with zero attached hydrogens (tertiary/aromatic N) is 2. The average molecular weight is 311 g/mol. The van der Waals surface area contributed by atoms with Crippen molar-refractivity contribution >= 4 is 28.7 Å². The number of carboxylic acids is 1. The number of benzene rings is 1. The van der Waals surface area contributed by atoms with Gasteiger partial charge in [0, 0.05) is 24.5 Å². The van der Waals surface area contributed by atoms with E-state index in [1.165, 1.54) is 11.3 Å². The molecule has 0 fully saturated rings. The van der Waals surface area contributed by atoms with E-state index in [1.807, 2.05) is 0 Å². The lowest BCUT2D eigenvalue weighted by molar-refractivity contribution is -0.384. The number of nitrogens with one attached hydrogen (secondary N) is 1. The van der Waals surface area contributed by atoms with E-state index >= 15 is 0 Å². The van der Waals surface area contributed by atoms with Gasteiger partial charge < -0.3 is 10.4 Å². The summed E-state index contributed by atoms with van der Waals surface area (Å²) in [6.07, 6.45) is 2.16. The Bertz CT molecular complexity index is 675. The van der Waals surface area contributed by atoms with Crippen LogP contribution in [0.1, 0.15) is 15.4 Å². The number of hydrogen-bond acceptors (Lipinski definition) is 6. The molecule has 2 N–H and O–H groups in total. The Kier molecular flexibility index (Phi) is 4.43. The third-order valence-electron chi connectivity index (χ3n) is 2.65. The number of nitro groups is 1. The maximum absolute atomic E-state index is 13.5. The predicted octanol–water partition coefficient (Wildman–Crippen LogP) is 2.54. The van der Waals surface area contributed by atoms with Gasteiger partial charge in [-0.25, -0.2) is 14.2 Å². The van der Waals surface area contributed by atoms with Gasteiger partial charge in [-0.3, -0.25) is 10.1 Å². The van der Waals surface area contributed by atoms with Crippen LogP contribution in [0, 0.1) is 15.9 Å². The zero-order valence-electron chi connectivity index (χ0n) is 10.6. The van der Waals surface area contributed by atoms with Crippen molar-refractivity contribution in [1.82, 2.24) is 4.98 Å². The Labute approximate surface area is 122 Å². The summed E-state index contributed by atoms with van der Waals surface area (Å²) in [5, 5.41) is 25.1. The Balaban J connectivity index is 2.21. The fraction of sp³-hybridized carbons (Fsp3) is 0.167. The Morgan fingerprint density at radius 2 is 2.29 bits per heavy atom. The van der Waals surface area contributed by atoms with Crippen molar-refractivity contribution in [3.8, 4) is 0 Å². The van der Waals surface area contributed by atoms with Gasteiger partial charge >= 0.3 is 5.97 Å². The zero-order valence-corrected chi connectivity index (χ0v) is 11.4. The maximum atomic E-state index is 13.5. The second kappa shape index (κ2) is 6.27. The molecule has 0 aliphatic rings. The number of carboxylic acid groups (broad SMARTS) is 1. The summed E-state index contributed by atoms with van der Waals surface area (Å²) in [4.78, 5) is 25.0. The van der Waals surface area contributed by atoms with Crippen molar-refractivity contribution in [2.75, 3.05) is 11.9 Å². The van der Waals surface area contributed by atoms with Crippen LogP contribution in [0.15, 0.2) is 23.7 Å². The summed E-state index contributed by atoms with van der Waals surface area (Å²) in [5.74, 6) is -2.62. The van der Waals surface area contributed by atoms with Crippen LogP contribution in [0.5, 0.6) is 0 Å². The molecule has 0 unspecified atom stereocenters. The summed E-state index contributed by atoms with van der Waals surface area (Å²) >= 11 is 1.44. The molecular weight excluding hydrogens is 301 g/mol.